The van der Waals surface area contributed by atoms with E-state index in [-0.39, 0.29) is 0 Å². The maximum absolute atomic E-state index is 14.1. The van der Waals surface area contributed by atoms with Crippen LogP contribution in [0.15, 0.2) is 12.1 Å². The Morgan fingerprint density at radius 1 is 0.347 bits per heavy atom. The molecule has 0 fully saturated rings. The van der Waals surface area contributed by atoms with Crippen molar-refractivity contribution in [1.29, 1.82) is 0 Å². The Balaban J connectivity index is 4.87. The Morgan fingerprint density at radius 2 is 0.551 bits per heavy atom. The lowest BCUT2D eigenvalue weighted by molar-refractivity contribution is -0.00213. The van der Waals surface area contributed by atoms with Crippen molar-refractivity contribution in [3.8, 4) is 0 Å². The number of halogens is 27. The van der Waals surface area contributed by atoms with Crippen LogP contribution < -0.4 is 0 Å². The second-order valence-electron chi connectivity index (χ2n) is 10.1. The Hall–Kier alpha value is 7.01. The molecule has 1 aromatic rings. The largest absolute Gasteiger partial charge is 0.226 e. The molecular weight excluding hydrogens is 1230 g/mol. The Kier molecular flexibility index (Phi) is 18.0. The Bertz CT molecular complexity index is 1310. The minimum absolute atomic E-state index is 0.671. The lowest BCUT2D eigenvalue weighted by Crippen LogP contribution is -2.57. The molecule has 0 spiro atoms. The number of benzene rings is 1. The summed E-state index contributed by atoms with van der Waals surface area (Å²) in [5.74, 6) is 0. The van der Waals surface area contributed by atoms with Gasteiger partial charge in [-0.15, -0.1) is 0 Å². The van der Waals surface area contributed by atoms with Gasteiger partial charge in [-0.25, -0.2) is 5.11 Å². The van der Waals surface area contributed by atoms with Crippen molar-refractivity contribution in [2.24, 2.45) is 0 Å². The lowest BCUT2D eigenvalue weighted by atomic mass is 9.81. The fourth-order valence-electron chi connectivity index (χ4n) is 3.61. The van der Waals surface area contributed by atoms with Crippen molar-refractivity contribution in [1.82, 2.24) is 0 Å². The van der Waals surface area contributed by atoms with E-state index >= 15 is 0 Å². The molecule has 0 aliphatic carbocycles. The van der Waals surface area contributed by atoms with Crippen LogP contribution >= 0.6 is 313 Å². The van der Waals surface area contributed by atoms with Gasteiger partial charge >= 0.3 is 0 Å². The zero-order valence-electron chi connectivity index (χ0n) is 22.3. The van der Waals surface area contributed by atoms with E-state index in [9.17, 15) is 5.11 Å². The minimum Gasteiger partial charge on any atom is -0.225 e. The van der Waals surface area contributed by atoms with Crippen molar-refractivity contribution in [2.75, 3.05) is 0 Å². The standard InChI is InChI=1S/C21H8Cl27O/c1-9(2,49)8-6(11(24,25)14(30,31)17(36,37)20(43,44)45)3-5(10(22,23)13(28,29)16(34,35)19(40,41)42)4-7(8)12(26,27)15(32,33)18(38,39)21(46,47)48/h3-4H,1-2H3. The van der Waals surface area contributed by atoms with Crippen LogP contribution in [-0.4, -0.2) is 37.4 Å². The first kappa shape index (κ1) is 54.0. The highest BCUT2D eigenvalue weighted by Gasteiger charge is 2.73. The molecule has 0 atom stereocenters. The molecule has 0 saturated carbocycles. The maximum atomic E-state index is 14.1. The predicted octanol–water partition coefficient (Wildman–Crippen LogP) is 18.4. The molecule has 1 nitrogen and oxygen atoms in total. The van der Waals surface area contributed by atoms with E-state index in [1.165, 1.54) is 0 Å². The number of rotatable bonds is 10. The van der Waals surface area contributed by atoms with Gasteiger partial charge in [0.25, 0.3) is 0 Å². The second kappa shape index (κ2) is 16.4. The van der Waals surface area contributed by atoms with Crippen molar-refractivity contribution in [2.45, 2.75) is 69.8 Å². The first-order chi connectivity index (χ1) is 20.7. The summed E-state index contributed by atoms with van der Waals surface area (Å²) >= 11 is 172. The lowest BCUT2D eigenvalue weighted by Gasteiger charge is -2.48. The summed E-state index contributed by atoms with van der Waals surface area (Å²) in [5, 5.41) is 14.1. The van der Waals surface area contributed by atoms with Crippen molar-refractivity contribution >= 4 is 313 Å². The van der Waals surface area contributed by atoms with Gasteiger partial charge < -0.3 is 0 Å². The average Bonchev–Trinajstić information content (AvgIpc) is 2.84. The van der Waals surface area contributed by atoms with Crippen LogP contribution in [0.2, 0.25) is 0 Å². The molecule has 0 heterocycles. The first-order valence-electron chi connectivity index (χ1n) is 11.2. The van der Waals surface area contributed by atoms with Gasteiger partial charge in [-0.2, -0.15) is 0 Å². The molecule has 0 amide bonds. The molecule has 49 heavy (non-hydrogen) atoms. The molecule has 0 N–H and O–H groups in total. The normalized spacial score (nSPS) is 16.4. The smallest absolute Gasteiger partial charge is 0.225 e. The molecule has 1 radical (unpaired) electrons. The first-order valence-corrected chi connectivity index (χ1v) is 21.4. The molecule has 0 saturated heterocycles. The molecule has 0 aliphatic rings. The monoisotopic (exact) mass is 1220 g/mol. The summed E-state index contributed by atoms with van der Waals surface area (Å²) in [6.45, 7) is 2.02. The fraction of sp³-hybridized carbons (Fsp3) is 0.714. The highest BCUT2D eigenvalue weighted by Crippen LogP contribution is 2.71. The highest BCUT2D eigenvalue weighted by atomic mass is 35.6. The van der Waals surface area contributed by atoms with Crippen LogP contribution in [0.1, 0.15) is 36.1 Å². The van der Waals surface area contributed by atoms with Gasteiger partial charge in [0.1, 0.15) is 5.60 Å². The fourth-order valence-corrected chi connectivity index (χ4v) is 10.3. The van der Waals surface area contributed by atoms with Gasteiger partial charge in [0, 0.05) is 0 Å². The zero-order chi connectivity index (χ0) is 40.2. The molecular formula is C21H8Cl27O. The number of hydrogen-bond donors (Lipinski definition) is 0. The molecule has 0 aliphatic heterocycles. The molecule has 287 valence electrons. The van der Waals surface area contributed by atoms with Gasteiger partial charge in [-0.05, 0) is 48.2 Å². The van der Waals surface area contributed by atoms with Gasteiger partial charge in [-0.3, -0.25) is 0 Å². The summed E-state index contributed by atoms with van der Waals surface area (Å²) < 4.78 is -35.4. The minimum atomic E-state index is -3.09. The molecule has 1 rings (SSSR count). The predicted molar refractivity (Wildman–Crippen MR) is 228 cm³/mol. The van der Waals surface area contributed by atoms with E-state index in [0.29, 0.717) is 0 Å². The second-order valence-corrected chi connectivity index (χ2v) is 28.9. The zero-order valence-corrected chi connectivity index (χ0v) is 42.7. The average molecular weight is 1230 g/mol. The van der Waals surface area contributed by atoms with Crippen LogP contribution in [-0.2, 0) is 23.7 Å². The maximum Gasteiger partial charge on any atom is 0.226 e. The number of alkyl halides is 27. The Morgan fingerprint density at radius 3 is 0.735 bits per heavy atom. The summed E-state index contributed by atoms with van der Waals surface area (Å²) in [6, 6.07) is 1.61. The van der Waals surface area contributed by atoms with Crippen molar-refractivity contribution < 1.29 is 5.11 Å². The summed E-state index contributed by atoms with van der Waals surface area (Å²) in [7, 11) is 0. The van der Waals surface area contributed by atoms with E-state index in [2.05, 4.69) is 0 Å². The highest BCUT2D eigenvalue weighted by molar-refractivity contribution is 6.82. The van der Waals surface area contributed by atoms with E-state index in [4.69, 9.17) is 313 Å². The van der Waals surface area contributed by atoms with Crippen LogP contribution in [0.3, 0.4) is 0 Å². The third kappa shape index (κ3) is 9.43. The van der Waals surface area contributed by atoms with Gasteiger partial charge in [0.2, 0.25) is 24.4 Å². The molecule has 0 aromatic heterocycles. The number of hydrogen-bond acceptors (Lipinski definition) is 0. The Labute approximate surface area is 416 Å². The van der Waals surface area contributed by atoms with Gasteiger partial charge in [0.15, 0.2) is 26.0 Å². The molecule has 0 bridgehead atoms. The quantitative estimate of drug-likeness (QED) is 0.208. The summed E-state index contributed by atoms with van der Waals surface area (Å²) in [6.07, 6.45) is 0. The van der Waals surface area contributed by atoms with Gasteiger partial charge in [-0.1, -0.05) is 313 Å². The van der Waals surface area contributed by atoms with Crippen molar-refractivity contribution in [3.05, 3.63) is 34.4 Å². The third-order valence-electron chi connectivity index (χ3n) is 6.21. The van der Waals surface area contributed by atoms with E-state index < -0.39 is 78.2 Å². The summed E-state index contributed by atoms with van der Waals surface area (Å²) in [4.78, 5) is 0. The van der Waals surface area contributed by atoms with Crippen LogP contribution in [0.5, 0.6) is 0 Å². The van der Waals surface area contributed by atoms with Crippen LogP contribution in [0.25, 0.3) is 0 Å². The van der Waals surface area contributed by atoms with Crippen molar-refractivity contribution in [3.63, 3.8) is 0 Å². The molecule has 0 unspecified atom stereocenters. The topological polar surface area (TPSA) is 19.9 Å². The van der Waals surface area contributed by atoms with E-state index in [1.54, 1.807) is 0 Å². The van der Waals surface area contributed by atoms with E-state index in [1.807, 2.05) is 0 Å². The molecule has 28 heteroatoms. The SMILES string of the molecule is CC(C)([O])c1c(C(Cl)(Cl)C(Cl)(Cl)C(Cl)(Cl)C(Cl)(Cl)Cl)cc(C(Cl)(Cl)C(Cl)(Cl)C(Cl)(Cl)C(Cl)(Cl)Cl)cc1C(Cl)(Cl)C(Cl)(Cl)C(Cl)(Cl)C(Cl)(Cl)Cl. The summed E-state index contributed by atoms with van der Waals surface area (Å²) in [5.41, 5.74) is -5.46. The third-order valence-corrected chi connectivity index (χ3v) is 22.6. The molecule has 1 aromatic carbocycles. The van der Waals surface area contributed by atoms with Crippen LogP contribution in [0.4, 0.5) is 0 Å². The van der Waals surface area contributed by atoms with Gasteiger partial charge in [0.05, 0.1) is 0 Å². The van der Waals surface area contributed by atoms with E-state index in [0.717, 1.165) is 26.0 Å². The van der Waals surface area contributed by atoms with Crippen LogP contribution in [0, 0.1) is 0 Å².